The van der Waals surface area contributed by atoms with Gasteiger partial charge in [-0.2, -0.15) is 5.10 Å². The molecular formula is C21H28N6. The molecule has 0 radical (unpaired) electrons. The van der Waals surface area contributed by atoms with E-state index in [1.165, 1.54) is 48.9 Å². The Kier molecular flexibility index (Phi) is 4.52. The molecule has 0 aromatic carbocycles. The highest BCUT2D eigenvalue weighted by Crippen LogP contribution is 2.34. The second-order valence-electron chi connectivity index (χ2n) is 8.43. The predicted octanol–water partition coefficient (Wildman–Crippen LogP) is 2.73. The van der Waals surface area contributed by atoms with Gasteiger partial charge >= 0.3 is 0 Å². The monoisotopic (exact) mass is 364 g/mol. The van der Waals surface area contributed by atoms with E-state index in [0.29, 0.717) is 12.0 Å². The number of anilines is 1. The van der Waals surface area contributed by atoms with Crippen molar-refractivity contribution >= 4 is 5.82 Å². The molecule has 6 nitrogen and oxygen atoms in total. The number of likely N-dealkylation sites (N-methyl/N-ethyl adjacent to an activating group) is 1. The van der Waals surface area contributed by atoms with Gasteiger partial charge < -0.3 is 4.90 Å². The number of aromatic nitrogens is 4. The maximum Gasteiger partial charge on any atom is 0.151 e. The van der Waals surface area contributed by atoms with Gasteiger partial charge in [-0.1, -0.05) is 6.42 Å². The third-order valence-corrected chi connectivity index (χ3v) is 6.49. The van der Waals surface area contributed by atoms with Crippen molar-refractivity contribution in [3.8, 4) is 0 Å². The molecule has 2 aromatic heterocycles. The summed E-state index contributed by atoms with van der Waals surface area (Å²) in [5.74, 6) is 2.69. The van der Waals surface area contributed by atoms with Gasteiger partial charge in [0.05, 0.1) is 5.69 Å². The van der Waals surface area contributed by atoms with Crippen LogP contribution in [0.25, 0.3) is 0 Å². The Morgan fingerprint density at radius 3 is 2.56 bits per heavy atom. The summed E-state index contributed by atoms with van der Waals surface area (Å²) in [4.78, 5) is 13.9. The lowest BCUT2D eigenvalue weighted by Crippen LogP contribution is -2.58. The first-order valence-corrected chi connectivity index (χ1v) is 10.4. The van der Waals surface area contributed by atoms with Crippen molar-refractivity contribution in [3.05, 3.63) is 41.1 Å². The van der Waals surface area contributed by atoms with Gasteiger partial charge in [0, 0.05) is 49.6 Å². The van der Waals surface area contributed by atoms with Crippen LogP contribution in [0.4, 0.5) is 5.82 Å². The minimum Gasteiger partial charge on any atom is -0.352 e. The fourth-order valence-corrected chi connectivity index (χ4v) is 4.30. The zero-order valence-electron chi connectivity index (χ0n) is 16.1. The van der Waals surface area contributed by atoms with Gasteiger partial charge in [0.15, 0.2) is 5.82 Å². The van der Waals surface area contributed by atoms with Crippen molar-refractivity contribution in [2.75, 3.05) is 25.0 Å². The van der Waals surface area contributed by atoms with Gasteiger partial charge in [-0.3, -0.25) is 4.90 Å². The molecule has 5 rings (SSSR count). The Morgan fingerprint density at radius 1 is 1.04 bits per heavy atom. The van der Waals surface area contributed by atoms with Crippen molar-refractivity contribution in [3.63, 3.8) is 0 Å². The number of hydrogen-bond acceptors (Lipinski definition) is 6. The molecule has 27 heavy (non-hydrogen) atoms. The third kappa shape index (κ3) is 3.43. The molecule has 1 aliphatic heterocycles. The Morgan fingerprint density at radius 2 is 1.81 bits per heavy atom. The maximum absolute atomic E-state index is 4.59. The van der Waals surface area contributed by atoms with E-state index in [9.17, 15) is 0 Å². The second kappa shape index (κ2) is 7.15. The fourth-order valence-electron chi connectivity index (χ4n) is 4.30. The SMILES string of the molecule is CN(Cc1cnc(C2CCC2)nc1)C1CN(c2cc3c(nn2)CCCC3)C1. The summed E-state index contributed by atoms with van der Waals surface area (Å²) in [6, 6.07) is 2.82. The first kappa shape index (κ1) is 17.0. The van der Waals surface area contributed by atoms with Crippen LogP contribution in [0.2, 0.25) is 0 Å². The Labute approximate surface area is 161 Å². The predicted molar refractivity (Wildman–Crippen MR) is 105 cm³/mol. The maximum atomic E-state index is 4.59. The van der Waals surface area contributed by atoms with Crippen LogP contribution in [0.15, 0.2) is 18.5 Å². The molecule has 2 fully saturated rings. The molecule has 6 heteroatoms. The average molecular weight is 364 g/mol. The van der Waals surface area contributed by atoms with Gasteiger partial charge in [-0.15, -0.1) is 5.10 Å². The van der Waals surface area contributed by atoms with Crippen molar-refractivity contribution in [2.45, 2.75) is 63.5 Å². The van der Waals surface area contributed by atoms with Crippen LogP contribution in [-0.2, 0) is 19.4 Å². The zero-order valence-corrected chi connectivity index (χ0v) is 16.1. The molecule has 1 saturated carbocycles. The van der Waals surface area contributed by atoms with E-state index < -0.39 is 0 Å². The molecule has 1 saturated heterocycles. The lowest BCUT2D eigenvalue weighted by molar-refractivity contribution is 0.196. The van der Waals surface area contributed by atoms with Crippen LogP contribution in [-0.4, -0.2) is 51.2 Å². The van der Waals surface area contributed by atoms with Crippen molar-refractivity contribution < 1.29 is 0 Å². The number of rotatable bonds is 5. The first-order chi connectivity index (χ1) is 13.3. The van der Waals surface area contributed by atoms with E-state index in [1.807, 2.05) is 12.4 Å². The molecule has 0 amide bonds. The highest BCUT2D eigenvalue weighted by atomic mass is 15.4. The standard InChI is InChI=1S/C21H28N6/c1-26(12-15-10-22-21(23-11-15)16-6-4-7-16)18-13-27(14-18)20-9-17-5-2-3-8-19(17)24-25-20/h9-11,16,18H,2-8,12-14H2,1H3. The molecule has 3 heterocycles. The van der Waals surface area contributed by atoms with E-state index in [4.69, 9.17) is 0 Å². The summed E-state index contributed by atoms with van der Waals surface area (Å²) in [6.45, 7) is 2.94. The van der Waals surface area contributed by atoms with Gasteiger partial charge in [0.1, 0.15) is 5.82 Å². The normalized spacial score (nSPS) is 20.3. The summed E-state index contributed by atoms with van der Waals surface area (Å²) < 4.78 is 0. The average Bonchev–Trinajstić information content (AvgIpc) is 2.60. The van der Waals surface area contributed by atoms with Crippen molar-refractivity contribution in [1.29, 1.82) is 0 Å². The summed E-state index contributed by atoms with van der Waals surface area (Å²) >= 11 is 0. The fraction of sp³-hybridized carbons (Fsp3) is 0.619. The van der Waals surface area contributed by atoms with Crippen molar-refractivity contribution in [2.24, 2.45) is 0 Å². The zero-order chi connectivity index (χ0) is 18.2. The summed E-state index contributed by atoms with van der Waals surface area (Å²) in [5, 5.41) is 8.94. The molecule has 3 aliphatic rings. The Hall–Kier alpha value is -2.08. The molecule has 0 atom stereocenters. The largest absolute Gasteiger partial charge is 0.352 e. The van der Waals surface area contributed by atoms with E-state index in [1.54, 1.807) is 0 Å². The number of nitrogens with zero attached hydrogens (tertiary/aromatic N) is 6. The van der Waals surface area contributed by atoms with Gasteiger partial charge in [0.2, 0.25) is 0 Å². The molecule has 0 unspecified atom stereocenters. The van der Waals surface area contributed by atoms with E-state index in [2.05, 4.69) is 43.1 Å². The molecule has 142 valence electrons. The number of aryl methyl sites for hydroxylation is 2. The molecule has 2 aliphatic carbocycles. The minimum absolute atomic E-state index is 0.550. The quantitative estimate of drug-likeness (QED) is 0.813. The molecule has 0 N–H and O–H groups in total. The van der Waals surface area contributed by atoms with Gasteiger partial charge in [0.25, 0.3) is 0 Å². The first-order valence-electron chi connectivity index (χ1n) is 10.4. The van der Waals surface area contributed by atoms with Crippen molar-refractivity contribution in [1.82, 2.24) is 25.1 Å². The summed E-state index contributed by atoms with van der Waals surface area (Å²) in [7, 11) is 2.19. The smallest absolute Gasteiger partial charge is 0.151 e. The number of hydrogen-bond donors (Lipinski definition) is 0. The third-order valence-electron chi connectivity index (χ3n) is 6.49. The van der Waals surface area contributed by atoms with E-state index in [-0.39, 0.29) is 0 Å². The Balaban J connectivity index is 1.16. The van der Waals surface area contributed by atoms with Gasteiger partial charge in [-0.05, 0) is 57.2 Å². The van der Waals surface area contributed by atoms with Crippen LogP contribution >= 0.6 is 0 Å². The lowest BCUT2D eigenvalue weighted by atomic mass is 9.85. The molecular weight excluding hydrogens is 336 g/mol. The molecule has 2 aromatic rings. The highest BCUT2D eigenvalue weighted by molar-refractivity contribution is 5.45. The minimum atomic E-state index is 0.550. The topological polar surface area (TPSA) is 58.0 Å². The van der Waals surface area contributed by atoms with E-state index >= 15 is 0 Å². The molecule has 0 spiro atoms. The summed E-state index contributed by atoms with van der Waals surface area (Å²) in [6.07, 6.45) is 12.7. The van der Waals surface area contributed by atoms with Gasteiger partial charge in [-0.25, -0.2) is 9.97 Å². The van der Waals surface area contributed by atoms with Crippen LogP contribution in [0.1, 0.15) is 60.7 Å². The van der Waals surface area contributed by atoms with E-state index in [0.717, 1.165) is 44.1 Å². The second-order valence-corrected chi connectivity index (χ2v) is 8.43. The van der Waals surface area contributed by atoms with Crippen LogP contribution < -0.4 is 4.90 Å². The molecule has 0 bridgehead atoms. The van der Waals surface area contributed by atoms with Crippen LogP contribution in [0.5, 0.6) is 0 Å². The number of fused-ring (bicyclic) bond motifs is 1. The highest BCUT2D eigenvalue weighted by Gasteiger charge is 2.32. The Bertz CT molecular complexity index is 795. The lowest BCUT2D eigenvalue weighted by Gasteiger charge is -2.44. The van der Waals surface area contributed by atoms with Crippen LogP contribution in [0.3, 0.4) is 0 Å². The van der Waals surface area contributed by atoms with Crippen LogP contribution in [0, 0.1) is 0 Å². The summed E-state index contributed by atoms with van der Waals surface area (Å²) in [5.41, 5.74) is 3.82.